The van der Waals surface area contributed by atoms with Crippen molar-refractivity contribution in [2.24, 2.45) is 0 Å². The number of benzene rings is 2. The summed E-state index contributed by atoms with van der Waals surface area (Å²) < 4.78 is 21.0. The molecule has 0 aliphatic heterocycles. The molecule has 0 amide bonds. The molecule has 2 heterocycles. The molecule has 0 bridgehead atoms. The van der Waals surface area contributed by atoms with Gasteiger partial charge in [0.15, 0.2) is 0 Å². The highest BCUT2D eigenvalue weighted by Crippen LogP contribution is 2.35. The molecule has 0 aliphatic rings. The molecule has 2 aromatic heterocycles. The molecule has 0 saturated carbocycles. The normalized spacial score (nSPS) is 10.6. The molecule has 0 aliphatic carbocycles. The third-order valence-corrected chi connectivity index (χ3v) is 3.68. The fraction of sp³-hybridized carbons (Fsp3) is 0. The summed E-state index contributed by atoms with van der Waals surface area (Å²) in [6.45, 7) is 0. The molecule has 0 radical (unpaired) electrons. The second-order valence-corrected chi connectivity index (χ2v) is 5.34. The van der Waals surface area contributed by atoms with Crippen LogP contribution in [0.25, 0.3) is 10.8 Å². The molecule has 0 fully saturated rings. The molecule has 26 heavy (non-hydrogen) atoms. The van der Waals surface area contributed by atoms with Gasteiger partial charge in [0.2, 0.25) is 11.5 Å². The minimum atomic E-state index is -0.644. The summed E-state index contributed by atoms with van der Waals surface area (Å²) in [5.41, 5.74) is 0. The van der Waals surface area contributed by atoms with Crippen molar-refractivity contribution >= 4 is 22.7 Å². The molecule has 6 nitrogen and oxygen atoms in total. The predicted molar refractivity (Wildman–Crippen MR) is 91.3 cm³/mol. The third kappa shape index (κ3) is 2.95. The van der Waals surface area contributed by atoms with E-state index >= 15 is 0 Å². The van der Waals surface area contributed by atoms with Gasteiger partial charge in [-0.05, 0) is 41.8 Å². The Balaban J connectivity index is 1.72. The van der Waals surface area contributed by atoms with Crippen molar-refractivity contribution in [1.82, 2.24) is 0 Å². The first-order chi connectivity index (χ1) is 12.7. The van der Waals surface area contributed by atoms with Crippen molar-refractivity contribution in [3.63, 3.8) is 0 Å². The maximum absolute atomic E-state index is 12.2. The highest BCUT2D eigenvalue weighted by Gasteiger charge is 2.18. The maximum atomic E-state index is 12.2. The number of rotatable bonds is 4. The van der Waals surface area contributed by atoms with Crippen LogP contribution in [0.15, 0.2) is 82.0 Å². The van der Waals surface area contributed by atoms with Gasteiger partial charge in [-0.2, -0.15) is 0 Å². The predicted octanol–water partition coefficient (Wildman–Crippen LogP) is 4.46. The van der Waals surface area contributed by atoms with Crippen molar-refractivity contribution in [1.29, 1.82) is 0 Å². The van der Waals surface area contributed by atoms with Crippen molar-refractivity contribution in [2.75, 3.05) is 0 Å². The fourth-order valence-electron chi connectivity index (χ4n) is 2.53. The highest BCUT2D eigenvalue weighted by molar-refractivity contribution is 5.99. The van der Waals surface area contributed by atoms with Crippen LogP contribution in [-0.4, -0.2) is 11.9 Å². The molecule has 128 valence electrons. The van der Waals surface area contributed by atoms with Gasteiger partial charge in [-0.25, -0.2) is 9.59 Å². The van der Waals surface area contributed by atoms with E-state index in [1.54, 1.807) is 36.4 Å². The molecule has 0 atom stereocenters. The maximum Gasteiger partial charge on any atom is 0.379 e. The van der Waals surface area contributed by atoms with Crippen LogP contribution in [0.1, 0.15) is 21.1 Å². The highest BCUT2D eigenvalue weighted by atomic mass is 16.6. The van der Waals surface area contributed by atoms with Gasteiger partial charge in [-0.3, -0.25) is 0 Å². The zero-order valence-corrected chi connectivity index (χ0v) is 13.4. The van der Waals surface area contributed by atoms with Crippen molar-refractivity contribution in [3.8, 4) is 11.5 Å². The topological polar surface area (TPSA) is 78.9 Å². The number of hydrogen-bond donors (Lipinski definition) is 0. The monoisotopic (exact) mass is 348 g/mol. The number of furan rings is 2. The van der Waals surface area contributed by atoms with Gasteiger partial charge in [0, 0.05) is 0 Å². The second-order valence-electron chi connectivity index (χ2n) is 5.34. The van der Waals surface area contributed by atoms with Crippen LogP contribution in [-0.2, 0) is 0 Å². The average molecular weight is 348 g/mol. The lowest BCUT2D eigenvalue weighted by Gasteiger charge is -2.11. The van der Waals surface area contributed by atoms with Gasteiger partial charge < -0.3 is 18.3 Å². The minimum Gasteiger partial charge on any atom is -0.457 e. The van der Waals surface area contributed by atoms with E-state index in [9.17, 15) is 9.59 Å². The van der Waals surface area contributed by atoms with E-state index in [1.807, 2.05) is 12.1 Å². The van der Waals surface area contributed by atoms with Gasteiger partial charge in [0.25, 0.3) is 0 Å². The number of carbonyl (C=O) groups excluding carboxylic acids is 2. The summed E-state index contributed by atoms with van der Waals surface area (Å²) in [4.78, 5) is 24.4. The number of esters is 2. The smallest absolute Gasteiger partial charge is 0.379 e. The van der Waals surface area contributed by atoms with Crippen LogP contribution in [0, 0.1) is 0 Å². The lowest BCUT2D eigenvalue weighted by atomic mass is 10.1. The van der Waals surface area contributed by atoms with Crippen LogP contribution < -0.4 is 9.47 Å². The third-order valence-electron chi connectivity index (χ3n) is 3.68. The first kappa shape index (κ1) is 15.7. The molecular weight excluding hydrogens is 336 g/mol. The Hall–Kier alpha value is -3.80. The summed E-state index contributed by atoms with van der Waals surface area (Å²) in [6.07, 6.45) is 2.77. The standard InChI is InChI=1S/C20H12O6/c21-19(16-9-3-11-23-16)25-14-7-1-5-13-6-2-8-15(18(13)14)26-20(22)17-10-4-12-24-17/h1-12H. The molecule has 4 aromatic rings. The first-order valence-corrected chi connectivity index (χ1v) is 7.75. The molecule has 0 N–H and O–H groups in total. The van der Waals surface area contributed by atoms with Gasteiger partial charge in [-0.15, -0.1) is 0 Å². The summed E-state index contributed by atoms with van der Waals surface area (Å²) in [5.74, 6) is -0.623. The summed E-state index contributed by atoms with van der Waals surface area (Å²) in [6, 6.07) is 16.6. The Morgan fingerprint density at radius 2 is 1.15 bits per heavy atom. The van der Waals surface area contributed by atoms with E-state index in [0.29, 0.717) is 5.39 Å². The second kappa shape index (κ2) is 6.60. The van der Waals surface area contributed by atoms with E-state index in [0.717, 1.165) is 5.39 Å². The quantitative estimate of drug-likeness (QED) is 0.400. The van der Waals surface area contributed by atoms with Crippen molar-refractivity contribution in [3.05, 3.63) is 84.7 Å². The molecule has 0 saturated heterocycles. The SMILES string of the molecule is O=C(Oc1cccc2cccc(OC(=O)c3ccco3)c12)c1ccco1. The number of hydrogen-bond acceptors (Lipinski definition) is 6. The van der Waals surface area contributed by atoms with E-state index < -0.39 is 11.9 Å². The van der Waals surface area contributed by atoms with E-state index in [1.165, 1.54) is 24.7 Å². The lowest BCUT2D eigenvalue weighted by Crippen LogP contribution is -2.10. The summed E-state index contributed by atoms with van der Waals surface area (Å²) in [7, 11) is 0. The zero-order valence-electron chi connectivity index (χ0n) is 13.4. The molecule has 0 spiro atoms. The van der Waals surface area contributed by atoms with Crippen molar-refractivity contribution in [2.45, 2.75) is 0 Å². The van der Waals surface area contributed by atoms with Crippen LogP contribution in [0.5, 0.6) is 11.5 Å². The van der Waals surface area contributed by atoms with Crippen LogP contribution in [0.4, 0.5) is 0 Å². The Bertz CT molecular complexity index is 978. The molecule has 4 rings (SSSR count). The Labute approximate surface area is 147 Å². The summed E-state index contributed by atoms with van der Waals surface area (Å²) in [5, 5.41) is 1.24. The van der Waals surface area contributed by atoms with Gasteiger partial charge in [-0.1, -0.05) is 24.3 Å². The van der Waals surface area contributed by atoms with Gasteiger partial charge in [0.05, 0.1) is 17.9 Å². The summed E-state index contributed by atoms with van der Waals surface area (Å²) >= 11 is 0. The van der Waals surface area contributed by atoms with E-state index in [-0.39, 0.29) is 23.0 Å². The first-order valence-electron chi connectivity index (χ1n) is 7.75. The van der Waals surface area contributed by atoms with E-state index in [4.69, 9.17) is 18.3 Å². The van der Waals surface area contributed by atoms with Gasteiger partial charge in [0.1, 0.15) is 11.5 Å². The van der Waals surface area contributed by atoms with Crippen LogP contribution in [0.3, 0.4) is 0 Å². The molecule has 2 aromatic carbocycles. The van der Waals surface area contributed by atoms with Crippen LogP contribution in [0.2, 0.25) is 0 Å². The Morgan fingerprint density at radius 3 is 1.58 bits per heavy atom. The van der Waals surface area contributed by atoms with Gasteiger partial charge >= 0.3 is 11.9 Å². The number of carbonyl (C=O) groups is 2. The lowest BCUT2D eigenvalue weighted by molar-refractivity contribution is 0.0703. The minimum absolute atomic E-state index is 0.0760. The number of fused-ring (bicyclic) bond motifs is 1. The molecule has 0 unspecified atom stereocenters. The Kier molecular flexibility index (Phi) is 3.99. The fourth-order valence-corrected chi connectivity index (χ4v) is 2.53. The largest absolute Gasteiger partial charge is 0.457 e. The molecule has 6 heteroatoms. The van der Waals surface area contributed by atoms with Crippen molar-refractivity contribution < 1.29 is 27.9 Å². The van der Waals surface area contributed by atoms with Crippen LogP contribution >= 0.6 is 0 Å². The average Bonchev–Trinajstić information content (AvgIpc) is 3.36. The van der Waals surface area contributed by atoms with E-state index in [2.05, 4.69) is 0 Å². The number of ether oxygens (including phenoxy) is 2. The Morgan fingerprint density at radius 1 is 0.654 bits per heavy atom. The molecular formula is C20H12O6. The zero-order chi connectivity index (χ0) is 17.9.